The maximum atomic E-state index is 11.3. The predicted octanol–water partition coefficient (Wildman–Crippen LogP) is 2.14. The molecular formula is C12H18N2O2S. The number of carboxylic acids is 1. The van der Waals surface area contributed by atoms with Crippen LogP contribution < -0.4 is 0 Å². The number of likely N-dealkylation sites (tertiary alicyclic amines) is 1. The normalized spacial score (nSPS) is 25.3. The van der Waals surface area contributed by atoms with Crippen LogP contribution in [0.4, 0.5) is 0 Å². The number of aliphatic carboxylic acids is 1. The van der Waals surface area contributed by atoms with Gasteiger partial charge in [0.15, 0.2) is 0 Å². The topological polar surface area (TPSA) is 53.4 Å². The SMILES string of the molecule is CCc1nc(CN2CCCC2(C)C(=O)O)cs1. The van der Waals surface area contributed by atoms with E-state index in [4.69, 9.17) is 0 Å². The average Bonchev–Trinajstić information content (AvgIpc) is 2.88. The number of thiazole rings is 1. The van der Waals surface area contributed by atoms with Crippen LogP contribution in [-0.4, -0.2) is 33.0 Å². The molecule has 1 N–H and O–H groups in total. The van der Waals surface area contributed by atoms with E-state index in [1.807, 2.05) is 17.2 Å². The molecule has 2 heterocycles. The smallest absolute Gasteiger partial charge is 0.323 e. The Morgan fingerprint density at radius 1 is 1.71 bits per heavy atom. The van der Waals surface area contributed by atoms with Crippen LogP contribution in [-0.2, 0) is 17.8 Å². The summed E-state index contributed by atoms with van der Waals surface area (Å²) >= 11 is 1.66. The van der Waals surface area contributed by atoms with E-state index in [1.54, 1.807) is 11.3 Å². The summed E-state index contributed by atoms with van der Waals surface area (Å²) < 4.78 is 0. The van der Waals surface area contributed by atoms with Gasteiger partial charge in [-0.3, -0.25) is 9.69 Å². The third-order valence-electron chi connectivity index (χ3n) is 3.50. The third kappa shape index (κ3) is 2.35. The van der Waals surface area contributed by atoms with Gasteiger partial charge in [-0.15, -0.1) is 11.3 Å². The summed E-state index contributed by atoms with van der Waals surface area (Å²) in [5.74, 6) is -0.721. The van der Waals surface area contributed by atoms with Crippen molar-refractivity contribution in [2.24, 2.45) is 0 Å². The second-order valence-electron chi connectivity index (χ2n) is 4.69. The zero-order chi connectivity index (χ0) is 12.5. The largest absolute Gasteiger partial charge is 0.480 e. The number of rotatable bonds is 4. The molecule has 0 bridgehead atoms. The van der Waals surface area contributed by atoms with E-state index >= 15 is 0 Å². The molecule has 0 aliphatic carbocycles. The first-order chi connectivity index (χ1) is 8.06. The first-order valence-electron chi connectivity index (χ1n) is 5.98. The Morgan fingerprint density at radius 3 is 3.06 bits per heavy atom. The van der Waals surface area contributed by atoms with Crippen LogP contribution in [0.5, 0.6) is 0 Å². The molecule has 1 saturated heterocycles. The molecule has 5 heteroatoms. The standard InChI is InChI=1S/C12H18N2O2S/c1-3-10-13-9(8-17-10)7-14-6-4-5-12(14,2)11(15)16/h8H,3-7H2,1-2H3,(H,15,16). The number of aryl methyl sites for hydroxylation is 1. The molecule has 0 saturated carbocycles. The molecule has 1 aliphatic heterocycles. The first kappa shape index (κ1) is 12.5. The molecule has 0 aromatic carbocycles. The highest BCUT2D eigenvalue weighted by Crippen LogP contribution is 2.30. The molecule has 94 valence electrons. The third-order valence-corrected chi connectivity index (χ3v) is 4.55. The van der Waals surface area contributed by atoms with Gasteiger partial charge in [0.2, 0.25) is 0 Å². The van der Waals surface area contributed by atoms with Crippen LogP contribution in [0.25, 0.3) is 0 Å². The molecule has 1 aromatic rings. The number of carbonyl (C=O) groups is 1. The molecule has 0 amide bonds. The minimum absolute atomic E-state index is 0.652. The Morgan fingerprint density at radius 2 is 2.47 bits per heavy atom. The summed E-state index contributed by atoms with van der Waals surface area (Å²) in [6.07, 6.45) is 2.63. The fourth-order valence-electron chi connectivity index (χ4n) is 2.29. The van der Waals surface area contributed by atoms with Crippen molar-refractivity contribution in [1.29, 1.82) is 0 Å². The number of hydrogen-bond acceptors (Lipinski definition) is 4. The molecule has 1 atom stereocenters. The van der Waals surface area contributed by atoms with Gasteiger partial charge in [0.25, 0.3) is 0 Å². The van der Waals surface area contributed by atoms with Crippen molar-refractivity contribution in [2.75, 3.05) is 6.54 Å². The van der Waals surface area contributed by atoms with Gasteiger partial charge in [-0.2, -0.15) is 0 Å². The van der Waals surface area contributed by atoms with Crippen LogP contribution in [0.3, 0.4) is 0 Å². The van der Waals surface area contributed by atoms with E-state index in [-0.39, 0.29) is 0 Å². The molecule has 17 heavy (non-hydrogen) atoms. The molecule has 0 radical (unpaired) electrons. The van der Waals surface area contributed by atoms with Crippen molar-refractivity contribution in [2.45, 2.75) is 45.2 Å². The van der Waals surface area contributed by atoms with Crippen LogP contribution in [0.1, 0.15) is 37.4 Å². The van der Waals surface area contributed by atoms with Crippen LogP contribution in [0.2, 0.25) is 0 Å². The summed E-state index contributed by atoms with van der Waals surface area (Å²) in [6.45, 7) is 5.40. The van der Waals surface area contributed by atoms with Crippen molar-refractivity contribution < 1.29 is 9.90 Å². The van der Waals surface area contributed by atoms with Crippen molar-refractivity contribution in [3.05, 3.63) is 16.1 Å². The second kappa shape index (κ2) is 4.74. The summed E-state index contributed by atoms with van der Waals surface area (Å²) in [7, 11) is 0. The molecule has 1 fully saturated rings. The highest BCUT2D eigenvalue weighted by Gasteiger charge is 2.43. The lowest BCUT2D eigenvalue weighted by Gasteiger charge is -2.30. The summed E-state index contributed by atoms with van der Waals surface area (Å²) in [6, 6.07) is 0. The molecule has 0 spiro atoms. The van der Waals surface area contributed by atoms with E-state index in [9.17, 15) is 9.90 Å². The van der Waals surface area contributed by atoms with Crippen molar-refractivity contribution >= 4 is 17.3 Å². The fourth-order valence-corrected chi connectivity index (χ4v) is 3.03. The summed E-state index contributed by atoms with van der Waals surface area (Å²) in [4.78, 5) is 17.9. The Hall–Kier alpha value is -0.940. The van der Waals surface area contributed by atoms with Crippen molar-refractivity contribution in [1.82, 2.24) is 9.88 Å². The van der Waals surface area contributed by atoms with Gasteiger partial charge in [0.1, 0.15) is 5.54 Å². The maximum absolute atomic E-state index is 11.3. The van der Waals surface area contributed by atoms with E-state index in [0.29, 0.717) is 6.54 Å². The second-order valence-corrected chi connectivity index (χ2v) is 5.63. The maximum Gasteiger partial charge on any atom is 0.323 e. The minimum atomic E-state index is -0.721. The minimum Gasteiger partial charge on any atom is -0.480 e. The van der Waals surface area contributed by atoms with Gasteiger partial charge >= 0.3 is 5.97 Å². The lowest BCUT2D eigenvalue weighted by Crippen LogP contribution is -2.47. The van der Waals surface area contributed by atoms with Crippen molar-refractivity contribution in [3.8, 4) is 0 Å². The van der Waals surface area contributed by atoms with Gasteiger partial charge < -0.3 is 5.11 Å². The Kier molecular flexibility index (Phi) is 3.49. The molecule has 1 aromatic heterocycles. The number of carboxylic acid groups (broad SMARTS) is 1. The number of nitrogens with zero attached hydrogens (tertiary/aromatic N) is 2. The van der Waals surface area contributed by atoms with Crippen LogP contribution in [0.15, 0.2) is 5.38 Å². The van der Waals surface area contributed by atoms with E-state index < -0.39 is 11.5 Å². The summed E-state index contributed by atoms with van der Waals surface area (Å²) in [5, 5.41) is 12.5. The van der Waals surface area contributed by atoms with E-state index in [0.717, 1.165) is 36.5 Å². The highest BCUT2D eigenvalue weighted by molar-refractivity contribution is 7.09. The van der Waals surface area contributed by atoms with Gasteiger partial charge in [0.05, 0.1) is 10.7 Å². The molecule has 1 unspecified atom stereocenters. The number of aromatic nitrogens is 1. The molecule has 4 nitrogen and oxygen atoms in total. The zero-order valence-corrected chi connectivity index (χ0v) is 11.1. The first-order valence-corrected chi connectivity index (χ1v) is 6.86. The van der Waals surface area contributed by atoms with E-state index in [2.05, 4.69) is 11.9 Å². The Labute approximate surface area is 105 Å². The lowest BCUT2D eigenvalue weighted by atomic mass is 9.99. The Balaban J connectivity index is 2.10. The highest BCUT2D eigenvalue weighted by atomic mass is 32.1. The van der Waals surface area contributed by atoms with Gasteiger partial charge in [-0.25, -0.2) is 4.98 Å². The molecule has 2 rings (SSSR count). The van der Waals surface area contributed by atoms with Gasteiger partial charge in [-0.05, 0) is 32.7 Å². The molecular weight excluding hydrogens is 236 g/mol. The fraction of sp³-hybridized carbons (Fsp3) is 0.667. The quantitative estimate of drug-likeness (QED) is 0.894. The molecule has 1 aliphatic rings. The average molecular weight is 254 g/mol. The van der Waals surface area contributed by atoms with Gasteiger partial charge in [0, 0.05) is 11.9 Å². The van der Waals surface area contributed by atoms with Crippen molar-refractivity contribution in [3.63, 3.8) is 0 Å². The van der Waals surface area contributed by atoms with Crippen LogP contribution >= 0.6 is 11.3 Å². The monoisotopic (exact) mass is 254 g/mol. The zero-order valence-electron chi connectivity index (χ0n) is 10.3. The van der Waals surface area contributed by atoms with Gasteiger partial charge in [-0.1, -0.05) is 6.92 Å². The lowest BCUT2D eigenvalue weighted by molar-refractivity contribution is -0.148. The van der Waals surface area contributed by atoms with E-state index in [1.165, 1.54) is 0 Å². The number of hydrogen-bond donors (Lipinski definition) is 1. The Bertz CT molecular complexity index is 418. The summed E-state index contributed by atoms with van der Waals surface area (Å²) in [5.41, 5.74) is 0.289. The predicted molar refractivity (Wildman–Crippen MR) is 67.2 cm³/mol. The van der Waals surface area contributed by atoms with Crippen LogP contribution in [0, 0.1) is 0 Å².